The summed E-state index contributed by atoms with van der Waals surface area (Å²) in [5.74, 6) is -0.455. The Hall–Kier alpha value is -0.610. The zero-order valence-electron chi connectivity index (χ0n) is 8.07. The highest BCUT2D eigenvalue weighted by Gasteiger charge is 2.31. The standard InChI is InChI=1S/C8H16N2O2/c1-8(2)11-6-7(12-8)5-9-10(3)4/h5,7H,6H2,1-4H3/b9-5+/t7-/m0/s1. The van der Waals surface area contributed by atoms with Crippen LogP contribution < -0.4 is 0 Å². The van der Waals surface area contributed by atoms with Crippen molar-refractivity contribution in [3.8, 4) is 0 Å². The third-order valence-electron chi connectivity index (χ3n) is 1.49. The number of ether oxygens (including phenoxy) is 2. The van der Waals surface area contributed by atoms with E-state index in [9.17, 15) is 0 Å². The predicted molar refractivity (Wildman–Crippen MR) is 47.1 cm³/mol. The summed E-state index contributed by atoms with van der Waals surface area (Å²) in [5.41, 5.74) is 0. The van der Waals surface area contributed by atoms with Gasteiger partial charge in [0.2, 0.25) is 0 Å². The fraction of sp³-hybridized carbons (Fsp3) is 0.875. The van der Waals surface area contributed by atoms with Gasteiger partial charge in [0, 0.05) is 14.1 Å². The molecule has 1 fully saturated rings. The molecule has 1 atom stereocenters. The summed E-state index contributed by atoms with van der Waals surface area (Å²) in [7, 11) is 3.74. The molecular weight excluding hydrogens is 156 g/mol. The summed E-state index contributed by atoms with van der Waals surface area (Å²) < 4.78 is 10.9. The van der Waals surface area contributed by atoms with Gasteiger partial charge in [0.15, 0.2) is 5.79 Å². The molecule has 0 saturated carbocycles. The van der Waals surface area contributed by atoms with Crippen LogP contribution in [0.2, 0.25) is 0 Å². The Morgan fingerprint density at radius 1 is 1.50 bits per heavy atom. The van der Waals surface area contributed by atoms with Crippen molar-refractivity contribution in [2.24, 2.45) is 5.10 Å². The van der Waals surface area contributed by atoms with Crippen molar-refractivity contribution in [2.75, 3.05) is 20.7 Å². The highest BCUT2D eigenvalue weighted by atomic mass is 16.7. The van der Waals surface area contributed by atoms with Crippen molar-refractivity contribution in [3.05, 3.63) is 0 Å². The van der Waals surface area contributed by atoms with E-state index in [4.69, 9.17) is 9.47 Å². The molecule has 1 rings (SSSR count). The molecule has 0 radical (unpaired) electrons. The summed E-state index contributed by atoms with van der Waals surface area (Å²) in [4.78, 5) is 0. The third-order valence-corrected chi connectivity index (χ3v) is 1.49. The Morgan fingerprint density at radius 3 is 2.58 bits per heavy atom. The van der Waals surface area contributed by atoms with Gasteiger partial charge in [-0.3, -0.25) is 0 Å². The smallest absolute Gasteiger partial charge is 0.163 e. The van der Waals surface area contributed by atoms with Crippen LogP contribution in [0, 0.1) is 0 Å². The molecule has 0 unspecified atom stereocenters. The number of nitrogens with zero attached hydrogens (tertiary/aromatic N) is 2. The molecule has 0 N–H and O–H groups in total. The van der Waals surface area contributed by atoms with Crippen LogP contribution in [0.1, 0.15) is 13.8 Å². The number of hydrogen-bond donors (Lipinski definition) is 0. The van der Waals surface area contributed by atoms with Crippen molar-refractivity contribution in [1.29, 1.82) is 0 Å². The van der Waals surface area contributed by atoms with Crippen LogP contribution in [0.5, 0.6) is 0 Å². The molecule has 70 valence electrons. The van der Waals surface area contributed by atoms with E-state index >= 15 is 0 Å². The van der Waals surface area contributed by atoms with Crippen LogP contribution >= 0.6 is 0 Å². The quantitative estimate of drug-likeness (QED) is 0.454. The molecular formula is C8H16N2O2. The SMILES string of the molecule is CN(C)/N=C/[C@H]1COC(C)(C)O1. The normalized spacial score (nSPS) is 28.2. The zero-order chi connectivity index (χ0) is 9.19. The first-order valence-corrected chi connectivity index (χ1v) is 4.03. The lowest BCUT2D eigenvalue weighted by Gasteiger charge is -2.15. The predicted octanol–water partition coefficient (Wildman–Crippen LogP) is 0.685. The minimum Gasteiger partial charge on any atom is -0.347 e. The first-order chi connectivity index (χ1) is 5.49. The van der Waals surface area contributed by atoms with Gasteiger partial charge in [-0.1, -0.05) is 0 Å². The number of hydrazone groups is 1. The molecule has 1 heterocycles. The average molecular weight is 172 g/mol. The van der Waals surface area contributed by atoms with Gasteiger partial charge < -0.3 is 14.5 Å². The molecule has 0 amide bonds. The van der Waals surface area contributed by atoms with Crippen LogP contribution in [-0.2, 0) is 9.47 Å². The van der Waals surface area contributed by atoms with Crippen molar-refractivity contribution >= 4 is 6.21 Å². The largest absolute Gasteiger partial charge is 0.347 e. The summed E-state index contributed by atoms with van der Waals surface area (Å²) >= 11 is 0. The van der Waals surface area contributed by atoms with Crippen LogP contribution in [0.25, 0.3) is 0 Å². The fourth-order valence-electron chi connectivity index (χ4n) is 0.997. The van der Waals surface area contributed by atoms with Gasteiger partial charge >= 0.3 is 0 Å². The first kappa shape index (κ1) is 9.48. The third kappa shape index (κ3) is 2.79. The maximum absolute atomic E-state index is 5.50. The second kappa shape index (κ2) is 3.41. The molecule has 0 aromatic rings. The first-order valence-electron chi connectivity index (χ1n) is 4.03. The van der Waals surface area contributed by atoms with E-state index in [0.717, 1.165) is 0 Å². The Bertz CT molecular complexity index is 178. The molecule has 1 aliphatic rings. The Morgan fingerprint density at radius 2 is 2.17 bits per heavy atom. The maximum atomic E-state index is 5.50. The molecule has 1 saturated heterocycles. The number of hydrogen-bond acceptors (Lipinski definition) is 4. The molecule has 0 bridgehead atoms. The van der Waals surface area contributed by atoms with Gasteiger partial charge in [-0.2, -0.15) is 5.10 Å². The highest BCUT2D eigenvalue weighted by Crippen LogP contribution is 2.20. The molecule has 0 aliphatic carbocycles. The second-order valence-corrected chi connectivity index (χ2v) is 3.48. The second-order valence-electron chi connectivity index (χ2n) is 3.48. The fourth-order valence-corrected chi connectivity index (χ4v) is 0.997. The van der Waals surface area contributed by atoms with E-state index in [1.807, 2.05) is 27.9 Å². The van der Waals surface area contributed by atoms with Crippen molar-refractivity contribution in [1.82, 2.24) is 5.01 Å². The van der Waals surface area contributed by atoms with E-state index in [1.54, 1.807) is 11.2 Å². The van der Waals surface area contributed by atoms with Gasteiger partial charge in [-0.15, -0.1) is 0 Å². The summed E-state index contributed by atoms with van der Waals surface area (Å²) in [6.45, 7) is 4.39. The zero-order valence-corrected chi connectivity index (χ0v) is 8.07. The molecule has 0 aromatic heterocycles. The van der Waals surface area contributed by atoms with Crippen LogP contribution in [0.4, 0.5) is 0 Å². The summed E-state index contributed by atoms with van der Waals surface area (Å²) in [6, 6.07) is 0. The maximum Gasteiger partial charge on any atom is 0.163 e. The molecule has 12 heavy (non-hydrogen) atoms. The molecule has 1 aliphatic heterocycles. The molecule has 4 heteroatoms. The van der Waals surface area contributed by atoms with E-state index in [2.05, 4.69) is 5.10 Å². The van der Waals surface area contributed by atoms with Gasteiger partial charge in [-0.25, -0.2) is 0 Å². The molecule has 4 nitrogen and oxygen atoms in total. The molecule has 0 aromatic carbocycles. The van der Waals surface area contributed by atoms with Gasteiger partial charge in [0.1, 0.15) is 6.10 Å². The van der Waals surface area contributed by atoms with Crippen molar-refractivity contribution in [3.63, 3.8) is 0 Å². The van der Waals surface area contributed by atoms with E-state index < -0.39 is 5.79 Å². The topological polar surface area (TPSA) is 34.1 Å². The van der Waals surface area contributed by atoms with E-state index in [0.29, 0.717) is 6.61 Å². The van der Waals surface area contributed by atoms with Gasteiger partial charge in [0.05, 0.1) is 12.8 Å². The minimum absolute atomic E-state index is 0.0117. The van der Waals surface area contributed by atoms with E-state index in [1.165, 1.54) is 0 Å². The van der Waals surface area contributed by atoms with E-state index in [-0.39, 0.29) is 6.10 Å². The van der Waals surface area contributed by atoms with Crippen LogP contribution in [0.15, 0.2) is 5.10 Å². The monoisotopic (exact) mass is 172 g/mol. The lowest BCUT2D eigenvalue weighted by atomic mass is 10.4. The lowest BCUT2D eigenvalue weighted by Crippen LogP contribution is -2.22. The Balaban J connectivity index is 2.38. The Kier molecular flexibility index (Phi) is 2.69. The lowest BCUT2D eigenvalue weighted by molar-refractivity contribution is -0.130. The highest BCUT2D eigenvalue weighted by molar-refractivity contribution is 5.63. The summed E-state index contributed by atoms with van der Waals surface area (Å²) in [5, 5.41) is 5.81. The Labute approximate surface area is 73.1 Å². The van der Waals surface area contributed by atoms with Crippen LogP contribution in [0.3, 0.4) is 0 Å². The van der Waals surface area contributed by atoms with Crippen molar-refractivity contribution < 1.29 is 9.47 Å². The number of rotatable bonds is 2. The van der Waals surface area contributed by atoms with Crippen molar-refractivity contribution in [2.45, 2.75) is 25.7 Å². The van der Waals surface area contributed by atoms with Gasteiger partial charge in [-0.05, 0) is 13.8 Å². The summed E-state index contributed by atoms with van der Waals surface area (Å²) in [6.07, 6.45) is 1.75. The average Bonchev–Trinajstić information content (AvgIpc) is 2.26. The van der Waals surface area contributed by atoms with Crippen LogP contribution in [-0.4, -0.2) is 43.8 Å². The molecule has 0 spiro atoms. The minimum atomic E-state index is -0.455. The van der Waals surface area contributed by atoms with Gasteiger partial charge in [0.25, 0.3) is 0 Å².